The lowest BCUT2D eigenvalue weighted by atomic mass is 9.99. The fourth-order valence-corrected chi connectivity index (χ4v) is 12.8. The molecule has 7 atom stereocenters. The van der Waals surface area contributed by atoms with Crippen LogP contribution < -0.4 is 0 Å². The zero-order valence-corrected chi connectivity index (χ0v) is 62.5. The predicted octanol–water partition coefficient (Wildman–Crippen LogP) is 21.4. The van der Waals surface area contributed by atoms with Crippen molar-refractivity contribution in [3.05, 3.63) is 0 Å². The molecule has 0 bridgehead atoms. The van der Waals surface area contributed by atoms with E-state index in [9.17, 15) is 43.2 Å². The van der Waals surface area contributed by atoms with Gasteiger partial charge < -0.3 is 33.8 Å². The van der Waals surface area contributed by atoms with Crippen LogP contribution in [-0.2, 0) is 65.4 Å². The molecule has 93 heavy (non-hydrogen) atoms. The number of rotatable bonds is 72. The van der Waals surface area contributed by atoms with Gasteiger partial charge in [-0.3, -0.25) is 37.3 Å². The molecule has 0 spiro atoms. The van der Waals surface area contributed by atoms with E-state index in [1.807, 2.05) is 0 Å². The van der Waals surface area contributed by atoms with Gasteiger partial charge in [0, 0.05) is 25.7 Å². The number of hydrogen-bond donors (Lipinski definition) is 3. The normalized spacial score (nSPS) is 14.7. The molecule has 3 N–H and O–H groups in total. The van der Waals surface area contributed by atoms with Gasteiger partial charge in [0.25, 0.3) is 0 Å². The number of aliphatic hydroxyl groups excluding tert-OH is 1. The van der Waals surface area contributed by atoms with Gasteiger partial charge in [-0.25, -0.2) is 9.13 Å². The summed E-state index contributed by atoms with van der Waals surface area (Å²) in [5.41, 5.74) is 0. The first-order chi connectivity index (χ1) is 44.8. The number of esters is 4. The van der Waals surface area contributed by atoms with Crippen LogP contribution in [0, 0.1) is 17.8 Å². The average Bonchev–Trinajstić information content (AvgIpc) is 2.62. The van der Waals surface area contributed by atoms with Crippen LogP contribution in [-0.4, -0.2) is 96.7 Å². The summed E-state index contributed by atoms with van der Waals surface area (Å²) in [5, 5.41) is 10.6. The van der Waals surface area contributed by atoms with Crippen molar-refractivity contribution in [2.75, 3.05) is 39.6 Å². The zero-order chi connectivity index (χ0) is 68.7. The fraction of sp³-hybridized carbons (Fsp3) is 0.946. The SMILES string of the molecule is CCCCCCCCCCCCCCCCCCCCC(=O)O[C@H](COC(=O)CCCCCCCCCCCCC(C)CC)COP(=O)(O)OC[C@@H](O)COP(=O)(O)OC[C@@H](COC(=O)CCCCCCCCC(C)CC)OC(=O)CCCCCCCCCCC(C)C. The molecule has 0 aliphatic carbocycles. The molecule has 0 aliphatic rings. The van der Waals surface area contributed by atoms with Crippen LogP contribution in [0.4, 0.5) is 0 Å². The molecule has 552 valence electrons. The molecule has 0 heterocycles. The zero-order valence-electron chi connectivity index (χ0n) is 60.7. The summed E-state index contributed by atoms with van der Waals surface area (Å²) in [4.78, 5) is 72.7. The largest absolute Gasteiger partial charge is 0.472 e. The third-order valence-corrected chi connectivity index (χ3v) is 19.8. The average molecular weight is 1370 g/mol. The predicted molar refractivity (Wildman–Crippen MR) is 377 cm³/mol. The first-order valence-electron chi connectivity index (χ1n) is 38.4. The van der Waals surface area contributed by atoms with E-state index in [1.165, 1.54) is 180 Å². The van der Waals surface area contributed by atoms with Crippen LogP contribution in [0.25, 0.3) is 0 Å². The highest BCUT2D eigenvalue weighted by Crippen LogP contribution is 2.45. The van der Waals surface area contributed by atoms with Gasteiger partial charge >= 0.3 is 39.5 Å². The Morgan fingerprint density at radius 1 is 0.312 bits per heavy atom. The Morgan fingerprint density at radius 2 is 0.548 bits per heavy atom. The van der Waals surface area contributed by atoms with Crippen molar-refractivity contribution in [3.8, 4) is 0 Å². The summed E-state index contributed by atoms with van der Waals surface area (Å²) < 4.78 is 68.4. The number of aliphatic hydroxyl groups is 1. The Bertz CT molecular complexity index is 1820. The third kappa shape index (κ3) is 65.8. The molecule has 17 nitrogen and oxygen atoms in total. The highest BCUT2D eigenvalue weighted by atomic mass is 31.2. The highest BCUT2D eigenvalue weighted by Gasteiger charge is 2.30. The minimum atomic E-state index is -4.96. The van der Waals surface area contributed by atoms with Crippen molar-refractivity contribution < 1.29 is 80.2 Å². The van der Waals surface area contributed by atoms with E-state index in [0.29, 0.717) is 25.7 Å². The Kier molecular flexibility index (Phi) is 63.4. The maximum absolute atomic E-state index is 13.1. The second-order valence-electron chi connectivity index (χ2n) is 27.6. The summed E-state index contributed by atoms with van der Waals surface area (Å²) >= 11 is 0. The molecule has 0 rings (SSSR count). The van der Waals surface area contributed by atoms with Gasteiger partial charge in [-0.05, 0) is 43.4 Å². The van der Waals surface area contributed by atoms with Gasteiger partial charge in [0.05, 0.1) is 26.4 Å². The lowest BCUT2D eigenvalue weighted by molar-refractivity contribution is -0.161. The molecule has 0 saturated heterocycles. The van der Waals surface area contributed by atoms with E-state index in [4.69, 9.17) is 37.0 Å². The van der Waals surface area contributed by atoms with Crippen LogP contribution in [0.2, 0.25) is 0 Å². The van der Waals surface area contributed by atoms with Crippen molar-refractivity contribution in [1.29, 1.82) is 0 Å². The number of ether oxygens (including phenoxy) is 4. The fourth-order valence-electron chi connectivity index (χ4n) is 11.2. The molecule has 0 radical (unpaired) electrons. The molecule has 19 heteroatoms. The van der Waals surface area contributed by atoms with E-state index in [0.717, 1.165) is 114 Å². The van der Waals surface area contributed by atoms with Gasteiger partial charge in [-0.15, -0.1) is 0 Å². The first-order valence-corrected chi connectivity index (χ1v) is 41.4. The van der Waals surface area contributed by atoms with Crippen molar-refractivity contribution in [3.63, 3.8) is 0 Å². The summed E-state index contributed by atoms with van der Waals surface area (Å²) in [6, 6.07) is 0. The van der Waals surface area contributed by atoms with Crippen LogP contribution >= 0.6 is 15.6 Å². The molecular weight excluding hydrogens is 1220 g/mol. The van der Waals surface area contributed by atoms with Gasteiger partial charge in [-0.2, -0.15) is 0 Å². The standard InChI is InChI=1S/C74H144O17P2/c1-8-11-12-13-14-15-16-17-18-19-20-21-22-23-28-34-43-50-57-73(78)90-69(61-84-71(76)55-48-41-33-27-25-24-26-32-39-46-53-66(6)9-2)63-88-92(80,81)86-59-68(75)60-87-93(82,83)89-64-70(62-85-72(77)56-49-42-37-36-40-47-54-67(7)10-3)91-74(79)58-51-44-35-30-29-31-38-45-52-65(4)5/h65-70,75H,8-64H2,1-7H3,(H,80,81)(H,82,83)/t66?,67?,68-,69-,70-/m1/s1. The summed E-state index contributed by atoms with van der Waals surface area (Å²) in [6.45, 7) is 11.8. The Morgan fingerprint density at radius 3 is 0.817 bits per heavy atom. The Hall–Kier alpha value is -1.94. The maximum Gasteiger partial charge on any atom is 0.472 e. The number of unbranched alkanes of at least 4 members (excludes halogenated alkanes) is 38. The summed E-state index contributed by atoms with van der Waals surface area (Å²) in [7, 11) is -9.91. The molecular formula is C74H144O17P2. The number of carbonyl (C=O) groups excluding carboxylic acids is 4. The van der Waals surface area contributed by atoms with E-state index >= 15 is 0 Å². The summed E-state index contributed by atoms with van der Waals surface area (Å²) in [5.74, 6) is 0.135. The van der Waals surface area contributed by atoms with Crippen molar-refractivity contribution in [2.24, 2.45) is 17.8 Å². The quantitative estimate of drug-likeness (QED) is 0.0222. The number of carbonyl (C=O) groups is 4. The van der Waals surface area contributed by atoms with E-state index in [-0.39, 0.29) is 25.7 Å². The van der Waals surface area contributed by atoms with Crippen LogP contribution in [0.3, 0.4) is 0 Å². The maximum atomic E-state index is 13.1. The van der Waals surface area contributed by atoms with E-state index < -0.39 is 97.5 Å². The topological polar surface area (TPSA) is 237 Å². The lowest BCUT2D eigenvalue weighted by Gasteiger charge is -2.21. The minimum absolute atomic E-state index is 0.103. The molecule has 0 aromatic rings. The molecule has 0 fully saturated rings. The van der Waals surface area contributed by atoms with Crippen LogP contribution in [0.15, 0.2) is 0 Å². The van der Waals surface area contributed by atoms with E-state index in [1.54, 1.807) is 0 Å². The molecule has 0 amide bonds. The number of phosphoric ester groups is 2. The second-order valence-corrected chi connectivity index (χ2v) is 30.6. The molecule has 0 aromatic heterocycles. The molecule has 0 aliphatic heterocycles. The van der Waals surface area contributed by atoms with Gasteiger partial charge in [-0.1, -0.05) is 325 Å². The lowest BCUT2D eigenvalue weighted by Crippen LogP contribution is -2.30. The van der Waals surface area contributed by atoms with E-state index in [2.05, 4.69) is 48.5 Å². The third-order valence-electron chi connectivity index (χ3n) is 17.9. The molecule has 0 aromatic carbocycles. The van der Waals surface area contributed by atoms with Gasteiger partial charge in [0.2, 0.25) is 0 Å². The van der Waals surface area contributed by atoms with Crippen LogP contribution in [0.5, 0.6) is 0 Å². The van der Waals surface area contributed by atoms with Crippen molar-refractivity contribution in [2.45, 2.75) is 394 Å². The smallest absolute Gasteiger partial charge is 0.462 e. The highest BCUT2D eigenvalue weighted by molar-refractivity contribution is 7.47. The van der Waals surface area contributed by atoms with Gasteiger partial charge in [0.1, 0.15) is 19.3 Å². The summed E-state index contributed by atoms with van der Waals surface area (Å²) in [6.07, 6.45) is 50.0. The second kappa shape index (κ2) is 64.7. The Labute approximate surface area is 568 Å². The number of hydrogen-bond acceptors (Lipinski definition) is 15. The van der Waals surface area contributed by atoms with Gasteiger partial charge in [0.15, 0.2) is 12.2 Å². The molecule has 4 unspecified atom stereocenters. The molecule has 0 saturated carbocycles. The van der Waals surface area contributed by atoms with Crippen molar-refractivity contribution >= 4 is 39.5 Å². The monoisotopic (exact) mass is 1370 g/mol. The van der Waals surface area contributed by atoms with Crippen molar-refractivity contribution in [1.82, 2.24) is 0 Å². The first kappa shape index (κ1) is 91.1. The number of phosphoric acid groups is 2. The minimum Gasteiger partial charge on any atom is -0.462 e. The Balaban J connectivity index is 5.24. The van der Waals surface area contributed by atoms with Crippen LogP contribution in [0.1, 0.15) is 376 Å².